The van der Waals surface area contributed by atoms with Crippen LogP contribution in [-0.2, 0) is 0 Å². The highest BCUT2D eigenvalue weighted by Gasteiger charge is 2.12. The molecule has 0 bridgehead atoms. The molecule has 0 spiro atoms. The average Bonchev–Trinajstić information content (AvgIpc) is 3.04. The molecule has 1 aromatic carbocycles. The van der Waals surface area contributed by atoms with Crippen LogP contribution >= 0.6 is 27.3 Å². The first-order valence-electron chi connectivity index (χ1n) is 6.75. The van der Waals surface area contributed by atoms with Gasteiger partial charge in [0.25, 0.3) is 11.2 Å². The van der Waals surface area contributed by atoms with Crippen molar-refractivity contribution in [2.45, 2.75) is 0 Å². The Morgan fingerprint density at radius 3 is 2.75 bits per heavy atom. The second kappa shape index (κ2) is 5.46. The van der Waals surface area contributed by atoms with Crippen molar-refractivity contribution < 1.29 is 4.92 Å². The fourth-order valence-corrected chi connectivity index (χ4v) is 3.65. The SMILES string of the molecule is O=c1/c(=C/c2ccc([N+](=O)[O-])cc2)sc2nc3cc(Br)cnc3n12. The van der Waals surface area contributed by atoms with Gasteiger partial charge in [0.15, 0.2) is 10.6 Å². The van der Waals surface area contributed by atoms with Gasteiger partial charge in [-0.1, -0.05) is 11.3 Å². The Labute approximate surface area is 146 Å². The third-order valence-electron chi connectivity index (χ3n) is 3.45. The Balaban J connectivity index is 1.89. The Bertz CT molecular complexity index is 1210. The average molecular weight is 403 g/mol. The molecule has 4 aromatic rings. The quantitative estimate of drug-likeness (QED) is 0.379. The van der Waals surface area contributed by atoms with Crippen LogP contribution in [0, 0.1) is 10.1 Å². The maximum absolute atomic E-state index is 12.6. The molecule has 7 nitrogen and oxygen atoms in total. The summed E-state index contributed by atoms with van der Waals surface area (Å²) in [5.74, 6) is 0. The van der Waals surface area contributed by atoms with Gasteiger partial charge in [0.2, 0.25) is 0 Å². The summed E-state index contributed by atoms with van der Waals surface area (Å²) in [6.07, 6.45) is 3.31. The number of imidazole rings is 1. The number of aromatic nitrogens is 3. The van der Waals surface area contributed by atoms with E-state index in [1.807, 2.05) is 0 Å². The largest absolute Gasteiger partial charge is 0.276 e. The van der Waals surface area contributed by atoms with E-state index < -0.39 is 4.92 Å². The van der Waals surface area contributed by atoms with E-state index in [1.54, 1.807) is 30.5 Å². The fraction of sp³-hybridized carbons (Fsp3) is 0. The number of hydrogen-bond acceptors (Lipinski definition) is 6. The first kappa shape index (κ1) is 14.9. The fourth-order valence-electron chi connectivity index (χ4n) is 2.36. The Hall–Kier alpha value is -2.65. The van der Waals surface area contributed by atoms with Crippen molar-refractivity contribution in [2.24, 2.45) is 0 Å². The molecule has 4 rings (SSSR count). The van der Waals surface area contributed by atoms with Crippen LogP contribution in [0.5, 0.6) is 0 Å². The molecular formula is C15H7BrN4O3S. The molecule has 0 atom stereocenters. The summed E-state index contributed by atoms with van der Waals surface area (Å²) in [4.78, 5) is 32.1. The molecule has 0 saturated heterocycles. The molecule has 0 aliphatic rings. The number of halogens is 1. The molecule has 118 valence electrons. The summed E-state index contributed by atoms with van der Waals surface area (Å²) in [7, 11) is 0. The lowest BCUT2D eigenvalue weighted by atomic mass is 10.2. The number of nitro benzene ring substituents is 1. The molecular weight excluding hydrogens is 396 g/mol. The van der Waals surface area contributed by atoms with Crippen molar-refractivity contribution in [1.29, 1.82) is 0 Å². The first-order chi connectivity index (χ1) is 11.5. The molecule has 0 fully saturated rings. The summed E-state index contributed by atoms with van der Waals surface area (Å²) in [5, 5.41) is 10.7. The zero-order chi connectivity index (χ0) is 16.8. The van der Waals surface area contributed by atoms with Gasteiger partial charge < -0.3 is 0 Å². The summed E-state index contributed by atoms with van der Waals surface area (Å²) in [6.45, 7) is 0. The molecule has 24 heavy (non-hydrogen) atoms. The zero-order valence-electron chi connectivity index (χ0n) is 11.8. The van der Waals surface area contributed by atoms with Gasteiger partial charge in [0.1, 0.15) is 5.52 Å². The lowest BCUT2D eigenvalue weighted by molar-refractivity contribution is -0.384. The maximum atomic E-state index is 12.6. The Morgan fingerprint density at radius 2 is 2.04 bits per heavy atom. The summed E-state index contributed by atoms with van der Waals surface area (Å²) in [5.41, 5.74) is 1.68. The number of pyridine rings is 1. The van der Waals surface area contributed by atoms with Crippen molar-refractivity contribution in [3.8, 4) is 0 Å². The van der Waals surface area contributed by atoms with Crippen LogP contribution in [0.2, 0.25) is 0 Å². The monoisotopic (exact) mass is 402 g/mol. The zero-order valence-corrected chi connectivity index (χ0v) is 14.2. The molecule has 0 radical (unpaired) electrons. The van der Waals surface area contributed by atoms with Gasteiger partial charge in [-0.05, 0) is 45.8 Å². The van der Waals surface area contributed by atoms with E-state index in [0.717, 1.165) is 4.47 Å². The maximum Gasteiger partial charge on any atom is 0.276 e. The van der Waals surface area contributed by atoms with Gasteiger partial charge in [0, 0.05) is 22.8 Å². The van der Waals surface area contributed by atoms with E-state index in [2.05, 4.69) is 25.9 Å². The third-order valence-corrected chi connectivity index (χ3v) is 4.85. The predicted octanol–water partition coefficient (Wildman–Crippen LogP) is 2.52. The van der Waals surface area contributed by atoms with Crippen molar-refractivity contribution >= 4 is 55.2 Å². The third kappa shape index (κ3) is 2.38. The first-order valence-corrected chi connectivity index (χ1v) is 8.36. The van der Waals surface area contributed by atoms with Crippen molar-refractivity contribution in [3.05, 3.63) is 71.6 Å². The van der Waals surface area contributed by atoms with E-state index in [-0.39, 0.29) is 11.2 Å². The lowest BCUT2D eigenvalue weighted by Crippen LogP contribution is -2.22. The van der Waals surface area contributed by atoms with Gasteiger partial charge in [-0.25, -0.2) is 14.4 Å². The summed E-state index contributed by atoms with van der Waals surface area (Å²) in [6, 6.07) is 7.83. The standard InChI is InChI=1S/C15H7BrN4O3S/c16-9-6-11-13(17-7-9)19-14(21)12(24-15(19)18-11)5-8-1-3-10(4-2-8)20(22)23/h1-7H/b12-5-. The van der Waals surface area contributed by atoms with Gasteiger partial charge in [-0.2, -0.15) is 0 Å². The topological polar surface area (TPSA) is 90.4 Å². The second-order valence-electron chi connectivity index (χ2n) is 4.99. The number of nitro groups is 1. The number of nitrogens with zero attached hydrogens (tertiary/aromatic N) is 4. The van der Waals surface area contributed by atoms with E-state index in [0.29, 0.717) is 26.2 Å². The van der Waals surface area contributed by atoms with Gasteiger partial charge >= 0.3 is 0 Å². The molecule has 0 aliphatic heterocycles. The normalized spacial score (nSPS) is 12.3. The minimum absolute atomic E-state index is 0.0104. The highest BCUT2D eigenvalue weighted by atomic mass is 79.9. The van der Waals surface area contributed by atoms with Gasteiger partial charge in [0.05, 0.1) is 9.46 Å². The summed E-state index contributed by atoms with van der Waals surface area (Å²) >= 11 is 4.59. The van der Waals surface area contributed by atoms with Gasteiger partial charge in [-0.15, -0.1) is 0 Å². The number of rotatable bonds is 2. The van der Waals surface area contributed by atoms with Crippen LogP contribution in [0.4, 0.5) is 5.69 Å². The molecule has 0 amide bonds. The number of hydrogen-bond donors (Lipinski definition) is 0. The number of non-ortho nitro benzene ring substituents is 1. The van der Waals surface area contributed by atoms with Crippen LogP contribution in [0.3, 0.4) is 0 Å². The van der Waals surface area contributed by atoms with Crippen LogP contribution in [0.1, 0.15) is 5.56 Å². The van der Waals surface area contributed by atoms with Crippen molar-refractivity contribution in [3.63, 3.8) is 0 Å². The Kier molecular flexibility index (Phi) is 3.39. The van der Waals surface area contributed by atoms with Crippen LogP contribution in [-0.4, -0.2) is 19.3 Å². The molecule has 0 aliphatic carbocycles. The van der Waals surface area contributed by atoms with Crippen LogP contribution < -0.4 is 10.1 Å². The molecule has 0 saturated carbocycles. The smallest absolute Gasteiger partial charge is 0.267 e. The van der Waals surface area contributed by atoms with Crippen molar-refractivity contribution in [2.75, 3.05) is 0 Å². The molecule has 0 unspecified atom stereocenters. The van der Waals surface area contributed by atoms with E-state index in [4.69, 9.17) is 0 Å². The molecule has 3 aromatic heterocycles. The number of benzene rings is 1. The van der Waals surface area contributed by atoms with E-state index in [9.17, 15) is 14.9 Å². The minimum Gasteiger partial charge on any atom is -0.267 e. The van der Waals surface area contributed by atoms with E-state index in [1.165, 1.54) is 27.9 Å². The van der Waals surface area contributed by atoms with Gasteiger partial charge in [-0.3, -0.25) is 14.9 Å². The number of fused-ring (bicyclic) bond motifs is 3. The summed E-state index contributed by atoms with van der Waals surface area (Å²) < 4.78 is 2.77. The number of thiazole rings is 1. The molecule has 0 N–H and O–H groups in total. The van der Waals surface area contributed by atoms with E-state index >= 15 is 0 Å². The minimum atomic E-state index is -0.460. The lowest BCUT2D eigenvalue weighted by Gasteiger charge is -1.92. The predicted molar refractivity (Wildman–Crippen MR) is 94.2 cm³/mol. The highest BCUT2D eigenvalue weighted by Crippen LogP contribution is 2.18. The second-order valence-corrected chi connectivity index (χ2v) is 6.92. The molecule has 3 heterocycles. The Morgan fingerprint density at radius 1 is 1.29 bits per heavy atom. The van der Waals surface area contributed by atoms with Crippen molar-refractivity contribution in [1.82, 2.24) is 14.4 Å². The molecule has 9 heteroatoms. The van der Waals surface area contributed by atoms with Crippen LogP contribution in [0.25, 0.3) is 22.2 Å². The van der Waals surface area contributed by atoms with Crippen LogP contribution in [0.15, 0.2) is 45.8 Å². The highest BCUT2D eigenvalue weighted by molar-refractivity contribution is 9.10.